The number of nitrogens with zero attached hydrogens (tertiary/aromatic N) is 3. The van der Waals surface area contributed by atoms with Crippen molar-refractivity contribution in [3.05, 3.63) is 164 Å². The minimum absolute atomic E-state index is 0.596. The first-order valence-electron chi connectivity index (χ1n) is 15.7. The molecule has 0 bridgehead atoms. The van der Waals surface area contributed by atoms with Gasteiger partial charge in [0.15, 0.2) is 17.5 Å². The van der Waals surface area contributed by atoms with Gasteiger partial charge in [0.25, 0.3) is 0 Å². The van der Waals surface area contributed by atoms with E-state index in [-0.39, 0.29) is 0 Å². The first-order valence-corrected chi connectivity index (χ1v) is 15.7. The number of hydrogen-bond acceptors (Lipinski definition) is 4. The van der Waals surface area contributed by atoms with Crippen molar-refractivity contribution in [3.8, 4) is 56.4 Å². The molecule has 9 rings (SSSR count). The maximum atomic E-state index is 6.53. The Morgan fingerprint density at radius 2 is 0.915 bits per heavy atom. The number of hydrogen-bond donors (Lipinski definition) is 0. The van der Waals surface area contributed by atoms with Crippen LogP contribution >= 0.6 is 0 Å². The van der Waals surface area contributed by atoms with Gasteiger partial charge in [0.1, 0.15) is 11.2 Å². The van der Waals surface area contributed by atoms with Crippen LogP contribution in [0, 0.1) is 0 Å². The predicted molar refractivity (Wildman–Crippen MR) is 192 cm³/mol. The molecule has 0 spiro atoms. The molecule has 0 aliphatic rings. The number of rotatable bonds is 5. The van der Waals surface area contributed by atoms with Gasteiger partial charge in [0.2, 0.25) is 0 Å². The number of fused-ring (bicyclic) bond motifs is 4. The number of furan rings is 1. The topological polar surface area (TPSA) is 51.8 Å². The van der Waals surface area contributed by atoms with Crippen LogP contribution in [0.2, 0.25) is 0 Å². The highest BCUT2D eigenvalue weighted by molar-refractivity contribution is 6.14. The lowest BCUT2D eigenvalue weighted by Gasteiger charge is -2.11. The summed E-state index contributed by atoms with van der Waals surface area (Å²) in [5, 5.41) is 4.46. The highest BCUT2D eigenvalue weighted by atomic mass is 16.3. The average molecular weight is 602 g/mol. The number of aromatic nitrogens is 3. The minimum atomic E-state index is 0.596. The largest absolute Gasteiger partial charge is 0.456 e. The van der Waals surface area contributed by atoms with Gasteiger partial charge in [-0.15, -0.1) is 0 Å². The van der Waals surface area contributed by atoms with E-state index in [1.54, 1.807) is 0 Å². The molecular weight excluding hydrogens is 574 g/mol. The third kappa shape index (κ3) is 4.84. The summed E-state index contributed by atoms with van der Waals surface area (Å²) in [4.78, 5) is 14.9. The van der Waals surface area contributed by atoms with Gasteiger partial charge in [-0.3, -0.25) is 0 Å². The number of benzene rings is 7. The van der Waals surface area contributed by atoms with Crippen molar-refractivity contribution >= 4 is 32.7 Å². The van der Waals surface area contributed by atoms with E-state index in [4.69, 9.17) is 19.4 Å². The third-order valence-corrected chi connectivity index (χ3v) is 8.73. The van der Waals surface area contributed by atoms with E-state index in [1.807, 2.05) is 42.5 Å². The molecule has 0 atom stereocenters. The summed E-state index contributed by atoms with van der Waals surface area (Å²) in [6, 6.07) is 56.4. The predicted octanol–water partition coefficient (Wildman–Crippen LogP) is 11.3. The van der Waals surface area contributed by atoms with Gasteiger partial charge >= 0.3 is 0 Å². The first kappa shape index (κ1) is 27.0. The van der Waals surface area contributed by atoms with E-state index in [1.165, 1.54) is 22.1 Å². The zero-order valence-corrected chi connectivity index (χ0v) is 25.3. The molecule has 0 amide bonds. The van der Waals surface area contributed by atoms with Gasteiger partial charge in [-0.05, 0) is 57.3 Å². The molecule has 2 aromatic heterocycles. The van der Waals surface area contributed by atoms with Crippen LogP contribution in [0.1, 0.15) is 0 Å². The third-order valence-electron chi connectivity index (χ3n) is 8.73. The maximum absolute atomic E-state index is 6.53. The van der Waals surface area contributed by atoms with Crippen LogP contribution in [0.15, 0.2) is 168 Å². The zero-order valence-electron chi connectivity index (χ0n) is 25.3. The second kappa shape index (κ2) is 11.2. The van der Waals surface area contributed by atoms with Crippen molar-refractivity contribution in [1.29, 1.82) is 0 Å². The van der Waals surface area contributed by atoms with Crippen LogP contribution in [-0.2, 0) is 0 Å². The second-order valence-electron chi connectivity index (χ2n) is 11.6. The Morgan fingerprint density at radius 3 is 1.68 bits per heavy atom. The monoisotopic (exact) mass is 601 g/mol. The lowest BCUT2D eigenvalue weighted by molar-refractivity contribution is 0.669. The van der Waals surface area contributed by atoms with Gasteiger partial charge < -0.3 is 4.42 Å². The van der Waals surface area contributed by atoms with E-state index in [0.717, 1.165) is 49.6 Å². The van der Waals surface area contributed by atoms with Crippen molar-refractivity contribution in [2.45, 2.75) is 0 Å². The van der Waals surface area contributed by atoms with Gasteiger partial charge in [-0.1, -0.05) is 140 Å². The standard InChI is InChI=1S/C43H27N3O/c1-3-13-29(14-4-1)34-18-9-10-19-35(34)36-20-11-21-38-40(36)37-25-24-33(27-39(37)47-38)43-45-41(30-15-5-2-6-16-30)44-42(46-43)32-23-22-28-12-7-8-17-31(28)26-32/h1-27H. The smallest absolute Gasteiger partial charge is 0.164 e. The summed E-state index contributed by atoms with van der Waals surface area (Å²) < 4.78 is 6.53. The average Bonchev–Trinajstić information content (AvgIpc) is 3.53. The lowest BCUT2D eigenvalue weighted by Crippen LogP contribution is -2.00. The molecule has 0 aliphatic heterocycles. The van der Waals surface area contributed by atoms with Gasteiger partial charge in [-0.25, -0.2) is 15.0 Å². The fourth-order valence-corrected chi connectivity index (χ4v) is 6.46. The quantitative estimate of drug-likeness (QED) is 0.197. The molecular formula is C43H27N3O. The van der Waals surface area contributed by atoms with Crippen LogP contribution in [0.4, 0.5) is 0 Å². The van der Waals surface area contributed by atoms with Crippen LogP contribution in [0.5, 0.6) is 0 Å². The van der Waals surface area contributed by atoms with E-state index < -0.39 is 0 Å². The summed E-state index contributed by atoms with van der Waals surface area (Å²) in [5.41, 5.74) is 9.05. The molecule has 0 N–H and O–H groups in total. The Kier molecular flexibility index (Phi) is 6.43. The molecule has 0 radical (unpaired) electrons. The summed E-state index contributed by atoms with van der Waals surface area (Å²) in [7, 11) is 0. The van der Waals surface area contributed by atoms with Gasteiger partial charge in [0.05, 0.1) is 0 Å². The van der Waals surface area contributed by atoms with E-state index in [9.17, 15) is 0 Å². The van der Waals surface area contributed by atoms with Crippen molar-refractivity contribution < 1.29 is 4.42 Å². The minimum Gasteiger partial charge on any atom is -0.456 e. The fraction of sp³-hybridized carbons (Fsp3) is 0. The zero-order chi connectivity index (χ0) is 31.2. The maximum Gasteiger partial charge on any atom is 0.164 e. The normalized spacial score (nSPS) is 11.4. The van der Waals surface area contributed by atoms with Crippen LogP contribution in [0.3, 0.4) is 0 Å². The van der Waals surface area contributed by atoms with Crippen LogP contribution < -0.4 is 0 Å². The van der Waals surface area contributed by atoms with Crippen molar-refractivity contribution in [1.82, 2.24) is 15.0 Å². The summed E-state index contributed by atoms with van der Waals surface area (Å²) >= 11 is 0. The highest BCUT2D eigenvalue weighted by Gasteiger charge is 2.18. The van der Waals surface area contributed by atoms with Crippen LogP contribution in [-0.4, -0.2) is 15.0 Å². The van der Waals surface area contributed by atoms with E-state index in [0.29, 0.717) is 17.5 Å². The van der Waals surface area contributed by atoms with E-state index >= 15 is 0 Å². The Bertz CT molecular complexity index is 2570. The summed E-state index contributed by atoms with van der Waals surface area (Å²) in [5.74, 6) is 1.85. The Morgan fingerprint density at radius 1 is 0.340 bits per heavy atom. The Balaban J connectivity index is 1.21. The second-order valence-corrected chi connectivity index (χ2v) is 11.6. The molecule has 4 heteroatoms. The molecule has 0 saturated carbocycles. The molecule has 0 fully saturated rings. The molecule has 0 aliphatic carbocycles. The summed E-state index contributed by atoms with van der Waals surface area (Å²) in [6.45, 7) is 0. The van der Waals surface area contributed by atoms with E-state index in [2.05, 4.69) is 121 Å². The molecule has 0 saturated heterocycles. The molecule has 2 heterocycles. The van der Waals surface area contributed by atoms with Crippen molar-refractivity contribution in [2.75, 3.05) is 0 Å². The molecule has 7 aromatic carbocycles. The van der Waals surface area contributed by atoms with Gasteiger partial charge in [-0.2, -0.15) is 0 Å². The molecule has 0 unspecified atom stereocenters. The van der Waals surface area contributed by atoms with Gasteiger partial charge in [0, 0.05) is 27.5 Å². The molecule has 47 heavy (non-hydrogen) atoms. The molecule has 220 valence electrons. The van der Waals surface area contributed by atoms with Crippen molar-refractivity contribution in [2.24, 2.45) is 0 Å². The lowest BCUT2D eigenvalue weighted by atomic mass is 9.92. The molecule has 9 aromatic rings. The Hall–Kier alpha value is -6.39. The van der Waals surface area contributed by atoms with Crippen molar-refractivity contribution in [3.63, 3.8) is 0 Å². The SMILES string of the molecule is c1ccc(-c2nc(-c3ccc4ccccc4c3)nc(-c3ccc4c(c3)oc3cccc(-c5ccccc5-c5ccccc5)c34)n2)cc1. The van der Waals surface area contributed by atoms with Crippen LogP contribution in [0.25, 0.3) is 89.1 Å². The molecule has 4 nitrogen and oxygen atoms in total. The Labute approximate surface area is 271 Å². The first-order chi connectivity index (χ1) is 23.3. The summed E-state index contributed by atoms with van der Waals surface area (Å²) in [6.07, 6.45) is 0. The highest BCUT2D eigenvalue weighted by Crippen LogP contribution is 2.41. The fourth-order valence-electron chi connectivity index (χ4n) is 6.46.